The van der Waals surface area contributed by atoms with Crippen molar-refractivity contribution in [3.05, 3.63) is 59.7 Å². The molecule has 0 saturated heterocycles. The highest BCUT2D eigenvalue weighted by Gasteiger charge is 2.03. The van der Waals surface area contributed by atoms with E-state index in [1.165, 1.54) is 30.5 Å². The molecule has 19 heavy (non-hydrogen) atoms. The third-order valence-electron chi connectivity index (χ3n) is 2.98. The molecule has 0 aliphatic rings. The number of unbranched alkanes of at least 4 members (excludes halogenated alkanes) is 1. The third kappa shape index (κ3) is 3.78. The molecule has 0 radical (unpaired) electrons. The maximum Gasteiger partial charge on any atom is 0.149 e. The zero-order chi connectivity index (χ0) is 13.7. The molecule has 0 heterocycles. The predicted octanol–water partition coefficient (Wildman–Crippen LogP) is 5.05. The lowest BCUT2D eigenvalue weighted by atomic mass is 10.1. The zero-order valence-electron chi connectivity index (χ0n) is 10.9. The highest BCUT2D eigenvalue weighted by molar-refractivity contribution is 5.60. The van der Waals surface area contributed by atoms with Gasteiger partial charge in [0.15, 0.2) is 0 Å². The van der Waals surface area contributed by atoms with Gasteiger partial charge in [-0.25, -0.2) is 8.78 Å². The van der Waals surface area contributed by atoms with Gasteiger partial charge < -0.3 is 5.32 Å². The molecule has 0 aliphatic heterocycles. The highest BCUT2D eigenvalue weighted by atomic mass is 19.1. The Balaban J connectivity index is 2.06. The molecular formula is C16H17F2N. The summed E-state index contributed by atoms with van der Waals surface area (Å²) in [7, 11) is 0. The van der Waals surface area contributed by atoms with E-state index in [1.807, 2.05) is 24.3 Å². The Morgan fingerprint density at radius 1 is 1.00 bits per heavy atom. The molecule has 2 aromatic carbocycles. The number of anilines is 2. The standard InChI is InChI=1S/C16H17F2N/c1-2-3-4-12-5-8-14(9-6-12)19-16-10-7-13(17)11-15(16)18/h5-11,19H,2-4H2,1H3. The Labute approximate surface area is 112 Å². The van der Waals surface area contributed by atoms with Gasteiger partial charge in [-0.1, -0.05) is 25.5 Å². The monoisotopic (exact) mass is 261 g/mol. The van der Waals surface area contributed by atoms with E-state index in [9.17, 15) is 8.78 Å². The van der Waals surface area contributed by atoms with E-state index in [0.717, 1.165) is 18.2 Å². The third-order valence-corrected chi connectivity index (χ3v) is 2.98. The highest BCUT2D eigenvalue weighted by Crippen LogP contribution is 2.21. The summed E-state index contributed by atoms with van der Waals surface area (Å²) in [5.74, 6) is -1.16. The van der Waals surface area contributed by atoms with Crippen LogP contribution in [0.4, 0.5) is 20.2 Å². The van der Waals surface area contributed by atoms with Gasteiger partial charge in [-0.15, -0.1) is 0 Å². The minimum atomic E-state index is -0.588. The fourth-order valence-corrected chi connectivity index (χ4v) is 1.88. The Morgan fingerprint density at radius 3 is 2.37 bits per heavy atom. The fourth-order valence-electron chi connectivity index (χ4n) is 1.88. The van der Waals surface area contributed by atoms with Gasteiger partial charge in [-0.2, -0.15) is 0 Å². The summed E-state index contributed by atoms with van der Waals surface area (Å²) >= 11 is 0. The van der Waals surface area contributed by atoms with Crippen molar-refractivity contribution in [2.75, 3.05) is 5.32 Å². The second kappa shape index (κ2) is 6.32. The van der Waals surface area contributed by atoms with Crippen molar-refractivity contribution in [3.63, 3.8) is 0 Å². The van der Waals surface area contributed by atoms with Gasteiger partial charge in [-0.3, -0.25) is 0 Å². The molecule has 0 atom stereocenters. The van der Waals surface area contributed by atoms with E-state index in [-0.39, 0.29) is 5.69 Å². The summed E-state index contributed by atoms with van der Waals surface area (Å²) in [6.45, 7) is 2.16. The largest absolute Gasteiger partial charge is 0.353 e. The minimum absolute atomic E-state index is 0.280. The van der Waals surface area contributed by atoms with Crippen molar-refractivity contribution in [1.29, 1.82) is 0 Å². The van der Waals surface area contributed by atoms with Crippen LogP contribution < -0.4 is 5.32 Å². The number of rotatable bonds is 5. The van der Waals surface area contributed by atoms with Crippen molar-refractivity contribution < 1.29 is 8.78 Å². The van der Waals surface area contributed by atoms with E-state index in [4.69, 9.17) is 0 Å². The maximum absolute atomic E-state index is 13.5. The smallest absolute Gasteiger partial charge is 0.149 e. The van der Waals surface area contributed by atoms with Gasteiger partial charge in [0.25, 0.3) is 0 Å². The van der Waals surface area contributed by atoms with Gasteiger partial charge in [0, 0.05) is 11.8 Å². The van der Waals surface area contributed by atoms with Gasteiger partial charge in [-0.05, 0) is 42.7 Å². The van der Waals surface area contributed by atoms with Crippen LogP contribution in [-0.2, 0) is 6.42 Å². The molecule has 2 aromatic rings. The van der Waals surface area contributed by atoms with Crippen LogP contribution >= 0.6 is 0 Å². The van der Waals surface area contributed by atoms with Crippen LogP contribution in [0.2, 0.25) is 0 Å². The molecule has 0 aromatic heterocycles. The number of nitrogens with one attached hydrogen (secondary N) is 1. The number of aryl methyl sites for hydroxylation is 1. The van der Waals surface area contributed by atoms with Gasteiger partial charge in [0.2, 0.25) is 0 Å². The normalized spacial score (nSPS) is 10.5. The molecule has 100 valence electrons. The maximum atomic E-state index is 13.5. The number of hydrogen-bond donors (Lipinski definition) is 1. The summed E-state index contributed by atoms with van der Waals surface area (Å²) in [5.41, 5.74) is 2.35. The lowest BCUT2D eigenvalue weighted by Crippen LogP contribution is -1.95. The van der Waals surface area contributed by atoms with Crippen LogP contribution in [0, 0.1) is 11.6 Å². The lowest BCUT2D eigenvalue weighted by molar-refractivity contribution is 0.586. The van der Waals surface area contributed by atoms with Crippen LogP contribution in [0.5, 0.6) is 0 Å². The molecular weight excluding hydrogens is 244 g/mol. The Bertz CT molecular complexity index is 535. The molecule has 1 N–H and O–H groups in total. The van der Waals surface area contributed by atoms with Crippen molar-refractivity contribution in [1.82, 2.24) is 0 Å². The van der Waals surface area contributed by atoms with Crippen molar-refractivity contribution in [3.8, 4) is 0 Å². The van der Waals surface area contributed by atoms with Crippen LogP contribution in [-0.4, -0.2) is 0 Å². The Kier molecular flexibility index (Phi) is 4.50. The topological polar surface area (TPSA) is 12.0 Å². The molecule has 0 amide bonds. The molecule has 0 bridgehead atoms. The first-order valence-corrected chi connectivity index (χ1v) is 6.50. The number of hydrogen-bond acceptors (Lipinski definition) is 1. The second-order valence-corrected chi connectivity index (χ2v) is 4.55. The van der Waals surface area contributed by atoms with E-state index in [0.29, 0.717) is 0 Å². The van der Waals surface area contributed by atoms with E-state index in [1.54, 1.807) is 0 Å². The van der Waals surface area contributed by atoms with Crippen LogP contribution in [0.1, 0.15) is 25.3 Å². The first-order valence-electron chi connectivity index (χ1n) is 6.50. The summed E-state index contributed by atoms with van der Waals surface area (Å²) in [6.07, 6.45) is 3.39. The van der Waals surface area contributed by atoms with Gasteiger partial charge in [0.1, 0.15) is 11.6 Å². The summed E-state index contributed by atoms with van der Waals surface area (Å²) < 4.78 is 26.3. The quantitative estimate of drug-likeness (QED) is 0.794. The number of benzene rings is 2. The van der Waals surface area contributed by atoms with Crippen molar-refractivity contribution in [2.45, 2.75) is 26.2 Å². The number of halogens is 2. The summed E-state index contributed by atoms with van der Waals surface area (Å²) in [4.78, 5) is 0. The van der Waals surface area contributed by atoms with E-state index >= 15 is 0 Å². The summed E-state index contributed by atoms with van der Waals surface area (Å²) in [6, 6.07) is 11.4. The van der Waals surface area contributed by atoms with Crippen LogP contribution in [0.15, 0.2) is 42.5 Å². The second-order valence-electron chi connectivity index (χ2n) is 4.55. The Morgan fingerprint density at radius 2 is 1.74 bits per heavy atom. The average Bonchev–Trinajstić information content (AvgIpc) is 2.41. The molecule has 2 rings (SSSR count). The molecule has 0 fully saturated rings. The van der Waals surface area contributed by atoms with Crippen LogP contribution in [0.25, 0.3) is 0 Å². The molecule has 1 nitrogen and oxygen atoms in total. The molecule has 3 heteroatoms. The molecule has 0 unspecified atom stereocenters. The van der Waals surface area contributed by atoms with Gasteiger partial charge in [0.05, 0.1) is 5.69 Å². The lowest BCUT2D eigenvalue weighted by Gasteiger charge is -2.08. The van der Waals surface area contributed by atoms with Crippen molar-refractivity contribution in [2.24, 2.45) is 0 Å². The Hall–Kier alpha value is -1.90. The van der Waals surface area contributed by atoms with Gasteiger partial charge >= 0.3 is 0 Å². The fraction of sp³-hybridized carbons (Fsp3) is 0.250. The van der Waals surface area contributed by atoms with E-state index in [2.05, 4.69) is 12.2 Å². The molecule has 0 aliphatic carbocycles. The zero-order valence-corrected chi connectivity index (χ0v) is 10.9. The molecule has 0 saturated carbocycles. The predicted molar refractivity (Wildman–Crippen MR) is 74.7 cm³/mol. The first kappa shape index (κ1) is 13.5. The molecule has 0 spiro atoms. The SMILES string of the molecule is CCCCc1ccc(Nc2ccc(F)cc2F)cc1. The average molecular weight is 261 g/mol. The van der Waals surface area contributed by atoms with E-state index < -0.39 is 11.6 Å². The summed E-state index contributed by atoms with van der Waals surface area (Å²) in [5, 5.41) is 2.94. The van der Waals surface area contributed by atoms with Crippen LogP contribution in [0.3, 0.4) is 0 Å². The minimum Gasteiger partial charge on any atom is -0.353 e. The first-order chi connectivity index (χ1) is 9.19. The van der Waals surface area contributed by atoms with Crippen molar-refractivity contribution >= 4 is 11.4 Å².